The van der Waals surface area contributed by atoms with Gasteiger partial charge in [0.1, 0.15) is 0 Å². The summed E-state index contributed by atoms with van der Waals surface area (Å²) in [5, 5.41) is 0. The van der Waals surface area contributed by atoms with Gasteiger partial charge in [-0.25, -0.2) is 0 Å². The third-order valence-corrected chi connectivity index (χ3v) is 4.23. The molecule has 0 saturated heterocycles. The van der Waals surface area contributed by atoms with Crippen molar-refractivity contribution in [3.63, 3.8) is 0 Å². The molecule has 4 heteroatoms. The van der Waals surface area contributed by atoms with E-state index in [0.29, 0.717) is 12.6 Å². The Bertz CT molecular complexity index is 517. The largest absolute Gasteiger partial charge is 0.466 e. The van der Waals surface area contributed by atoms with Crippen molar-refractivity contribution < 1.29 is 14.3 Å². The second kappa shape index (κ2) is 4.83. The number of rotatable bonds is 3. The maximum atomic E-state index is 12.3. The van der Waals surface area contributed by atoms with Gasteiger partial charge in [-0.05, 0) is 31.4 Å². The number of esters is 1. The summed E-state index contributed by atoms with van der Waals surface area (Å²) in [5.41, 5.74) is 1.68. The van der Waals surface area contributed by atoms with Gasteiger partial charge in [0.2, 0.25) is 0 Å². The molecule has 2 heterocycles. The quantitative estimate of drug-likeness (QED) is 0.785. The van der Waals surface area contributed by atoms with Gasteiger partial charge < -0.3 is 9.30 Å². The molecule has 1 aromatic rings. The Labute approximate surface area is 112 Å². The number of nitrogens with zero attached hydrogens (tertiary/aromatic N) is 1. The number of hydrogen-bond acceptors (Lipinski definition) is 3. The minimum Gasteiger partial charge on any atom is -0.466 e. The molecule has 1 saturated carbocycles. The van der Waals surface area contributed by atoms with E-state index in [0.717, 1.165) is 30.5 Å². The van der Waals surface area contributed by atoms with Crippen LogP contribution in [0.5, 0.6) is 0 Å². The van der Waals surface area contributed by atoms with Crippen molar-refractivity contribution in [3.8, 4) is 0 Å². The molecule has 2 atom stereocenters. The van der Waals surface area contributed by atoms with Gasteiger partial charge in [-0.15, -0.1) is 0 Å². The molecule has 1 aromatic heterocycles. The minimum atomic E-state index is -0.223. The highest BCUT2D eigenvalue weighted by Crippen LogP contribution is 2.42. The smallest absolute Gasteiger partial charge is 0.310 e. The number of carbonyl (C=O) groups excluding carboxylic acids is 2. The van der Waals surface area contributed by atoms with Crippen molar-refractivity contribution in [1.82, 2.24) is 4.57 Å². The van der Waals surface area contributed by atoms with E-state index in [1.54, 1.807) is 6.92 Å². The SMILES string of the molecule is CCOC(=O)Cc1cc2n(c1)C1CCCCC1C2=O. The summed E-state index contributed by atoms with van der Waals surface area (Å²) in [7, 11) is 0. The topological polar surface area (TPSA) is 48.3 Å². The summed E-state index contributed by atoms with van der Waals surface area (Å²) >= 11 is 0. The molecule has 0 N–H and O–H groups in total. The first-order chi connectivity index (χ1) is 9.20. The molecule has 0 radical (unpaired) electrons. The molecule has 1 aliphatic heterocycles. The van der Waals surface area contributed by atoms with E-state index in [4.69, 9.17) is 4.74 Å². The Hall–Kier alpha value is -1.58. The van der Waals surface area contributed by atoms with Crippen LogP contribution in [-0.2, 0) is 16.0 Å². The fourth-order valence-corrected chi connectivity index (χ4v) is 3.42. The number of aromatic nitrogens is 1. The first kappa shape index (κ1) is 12.5. The fourth-order valence-electron chi connectivity index (χ4n) is 3.42. The monoisotopic (exact) mass is 261 g/mol. The zero-order valence-corrected chi connectivity index (χ0v) is 11.2. The van der Waals surface area contributed by atoms with Crippen molar-refractivity contribution >= 4 is 11.8 Å². The van der Waals surface area contributed by atoms with Crippen LogP contribution in [0.1, 0.15) is 54.7 Å². The molecular formula is C15H19NO3. The first-order valence-corrected chi connectivity index (χ1v) is 7.11. The van der Waals surface area contributed by atoms with Crippen molar-refractivity contribution in [3.05, 3.63) is 23.5 Å². The Morgan fingerprint density at radius 2 is 2.21 bits per heavy atom. The maximum absolute atomic E-state index is 12.3. The summed E-state index contributed by atoms with van der Waals surface area (Å²) in [4.78, 5) is 23.8. The second-order valence-corrected chi connectivity index (χ2v) is 5.45. The van der Waals surface area contributed by atoms with Gasteiger partial charge in [-0.3, -0.25) is 9.59 Å². The molecule has 0 amide bonds. The number of carbonyl (C=O) groups is 2. The van der Waals surface area contributed by atoms with Crippen molar-refractivity contribution in [1.29, 1.82) is 0 Å². The molecule has 102 valence electrons. The molecule has 2 unspecified atom stereocenters. The van der Waals surface area contributed by atoms with Crippen LogP contribution in [0, 0.1) is 5.92 Å². The predicted octanol–water partition coefficient (Wildman–Crippen LogP) is 2.52. The third kappa shape index (κ3) is 2.09. The minimum absolute atomic E-state index is 0.181. The first-order valence-electron chi connectivity index (χ1n) is 7.11. The number of ketones is 1. The maximum Gasteiger partial charge on any atom is 0.310 e. The molecule has 1 aliphatic carbocycles. The van der Waals surface area contributed by atoms with Crippen LogP contribution in [0.25, 0.3) is 0 Å². The number of hydrogen-bond donors (Lipinski definition) is 0. The van der Waals surface area contributed by atoms with E-state index in [1.165, 1.54) is 6.42 Å². The van der Waals surface area contributed by atoms with Gasteiger partial charge in [-0.1, -0.05) is 12.8 Å². The standard InChI is InChI=1S/C15H19NO3/c1-2-19-14(17)8-10-7-13-15(18)11-5-3-4-6-12(11)16(13)9-10/h7,9,11-12H,2-6,8H2,1H3. The van der Waals surface area contributed by atoms with Crippen LogP contribution in [-0.4, -0.2) is 22.9 Å². The number of fused-ring (bicyclic) bond motifs is 3. The molecular weight excluding hydrogens is 242 g/mol. The molecule has 3 rings (SSSR count). The highest BCUT2D eigenvalue weighted by Gasteiger charge is 2.40. The zero-order valence-electron chi connectivity index (χ0n) is 11.2. The Kier molecular flexibility index (Phi) is 3.17. The van der Waals surface area contributed by atoms with Crippen molar-refractivity contribution in [2.45, 2.75) is 45.1 Å². The van der Waals surface area contributed by atoms with Crippen LogP contribution >= 0.6 is 0 Å². The van der Waals surface area contributed by atoms with Gasteiger partial charge in [0.05, 0.1) is 18.7 Å². The van der Waals surface area contributed by atoms with Crippen LogP contribution < -0.4 is 0 Å². The fraction of sp³-hybridized carbons (Fsp3) is 0.600. The number of ether oxygens (including phenoxy) is 1. The van der Waals surface area contributed by atoms with Crippen LogP contribution in [0.15, 0.2) is 12.3 Å². The van der Waals surface area contributed by atoms with E-state index in [-0.39, 0.29) is 24.1 Å². The van der Waals surface area contributed by atoms with E-state index >= 15 is 0 Å². The highest BCUT2D eigenvalue weighted by atomic mass is 16.5. The Morgan fingerprint density at radius 3 is 3.00 bits per heavy atom. The predicted molar refractivity (Wildman–Crippen MR) is 70.1 cm³/mol. The lowest BCUT2D eigenvalue weighted by molar-refractivity contribution is -0.142. The van der Waals surface area contributed by atoms with Crippen molar-refractivity contribution in [2.24, 2.45) is 5.92 Å². The normalized spacial score (nSPS) is 25.0. The molecule has 0 bridgehead atoms. The van der Waals surface area contributed by atoms with E-state index in [9.17, 15) is 9.59 Å². The van der Waals surface area contributed by atoms with Crippen LogP contribution in [0.4, 0.5) is 0 Å². The summed E-state index contributed by atoms with van der Waals surface area (Å²) in [6.07, 6.45) is 6.68. The lowest BCUT2D eigenvalue weighted by Crippen LogP contribution is -2.20. The van der Waals surface area contributed by atoms with Gasteiger partial charge in [0.15, 0.2) is 5.78 Å². The van der Waals surface area contributed by atoms with Crippen LogP contribution in [0.3, 0.4) is 0 Å². The second-order valence-electron chi connectivity index (χ2n) is 5.45. The van der Waals surface area contributed by atoms with Crippen molar-refractivity contribution in [2.75, 3.05) is 6.61 Å². The average Bonchev–Trinajstić information content (AvgIpc) is 2.91. The molecule has 0 spiro atoms. The summed E-state index contributed by atoms with van der Waals surface area (Å²) < 4.78 is 7.04. The third-order valence-electron chi connectivity index (χ3n) is 4.23. The molecule has 0 aromatic carbocycles. The summed E-state index contributed by atoms with van der Waals surface area (Å²) in [6.45, 7) is 2.20. The van der Waals surface area contributed by atoms with E-state index < -0.39 is 0 Å². The van der Waals surface area contributed by atoms with E-state index in [1.807, 2.05) is 12.3 Å². The van der Waals surface area contributed by atoms with Crippen LogP contribution in [0.2, 0.25) is 0 Å². The van der Waals surface area contributed by atoms with E-state index in [2.05, 4.69) is 4.57 Å². The molecule has 1 fully saturated rings. The summed E-state index contributed by atoms with van der Waals surface area (Å²) in [6, 6.07) is 2.20. The lowest BCUT2D eigenvalue weighted by atomic mass is 9.84. The summed E-state index contributed by atoms with van der Waals surface area (Å²) in [5.74, 6) is 0.222. The number of Topliss-reactive ketones (excluding diaryl/α,β-unsaturated/α-hetero) is 1. The molecule has 2 aliphatic rings. The average molecular weight is 261 g/mol. The van der Waals surface area contributed by atoms with Gasteiger partial charge in [0.25, 0.3) is 0 Å². The molecule has 19 heavy (non-hydrogen) atoms. The van der Waals surface area contributed by atoms with Gasteiger partial charge in [0, 0.05) is 18.2 Å². The van der Waals surface area contributed by atoms with Gasteiger partial charge >= 0.3 is 5.97 Å². The Balaban J connectivity index is 1.81. The Morgan fingerprint density at radius 1 is 1.42 bits per heavy atom. The zero-order chi connectivity index (χ0) is 13.4. The molecule has 4 nitrogen and oxygen atoms in total. The highest BCUT2D eigenvalue weighted by molar-refractivity contribution is 5.99. The lowest BCUT2D eigenvalue weighted by Gasteiger charge is -2.25. The van der Waals surface area contributed by atoms with Gasteiger partial charge in [-0.2, -0.15) is 0 Å².